The van der Waals surface area contributed by atoms with E-state index >= 15 is 0 Å². The third-order valence-electron chi connectivity index (χ3n) is 3.48. The van der Waals surface area contributed by atoms with Gasteiger partial charge in [0, 0.05) is 17.1 Å². The Balaban J connectivity index is 2.23. The van der Waals surface area contributed by atoms with Crippen LogP contribution in [0.25, 0.3) is 0 Å². The van der Waals surface area contributed by atoms with Gasteiger partial charge in [0.15, 0.2) is 5.78 Å². The standard InChI is InChI=1S/C16H15Cl2NO2S/c1-9(12-5-4-11(17)8-13(12)18)19(3)16(21)15-7-6-14(22-15)10(2)20/h4-9H,1-3H3/t9-/m1/s1. The van der Waals surface area contributed by atoms with E-state index in [2.05, 4.69) is 0 Å². The van der Waals surface area contributed by atoms with E-state index in [0.717, 1.165) is 5.56 Å². The molecular formula is C16H15Cl2NO2S. The second kappa shape index (κ2) is 6.82. The highest BCUT2D eigenvalue weighted by Gasteiger charge is 2.22. The van der Waals surface area contributed by atoms with Gasteiger partial charge in [0.2, 0.25) is 0 Å². The zero-order valence-corrected chi connectivity index (χ0v) is 14.7. The van der Waals surface area contributed by atoms with Crippen LogP contribution in [0.2, 0.25) is 10.0 Å². The van der Waals surface area contributed by atoms with Crippen molar-refractivity contribution in [1.29, 1.82) is 0 Å². The third kappa shape index (κ3) is 3.51. The molecule has 3 nitrogen and oxygen atoms in total. The van der Waals surface area contributed by atoms with Gasteiger partial charge in [0.25, 0.3) is 5.91 Å². The van der Waals surface area contributed by atoms with Gasteiger partial charge in [-0.2, -0.15) is 0 Å². The Bertz CT molecular complexity index is 727. The summed E-state index contributed by atoms with van der Waals surface area (Å²) in [7, 11) is 1.71. The van der Waals surface area contributed by atoms with Crippen LogP contribution in [0.3, 0.4) is 0 Å². The van der Waals surface area contributed by atoms with Crippen molar-refractivity contribution >= 4 is 46.2 Å². The van der Waals surface area contributed by atoms with E-state index in [-0.39, 0.29) is 17.7 Å². The molecule has 1 aromatic carbocycles. The summed E-state index contributed by atoms with van der Waals surface area (Å²) in [5.74, 6) is -0.184. The average molecular weight is 356 g/mol. The van der Waals surface area contributed by atoms with Crippen LogP contribution in [-0.4, -0.2) is 23.6 Å². The number of rotatable bonds is 4. The van der Waals surface area contributed by atoms with E-state index in [0.29, 0.717) is 19.8 Å². The molecule has 0 aliphatic heterocycles. The number of thiophene rings is 1. The fraction of sp³-hybridized carbons (Fsp3) is 0.250. The fourth-order valence-electron chi connectivity index (χ4n) is 2.04. The molecule has 1 heterocycles. The van der Waals surface area contributed by atoms with Gasteiger partial charge in [-0.15, -0.1) is 11.3 Å². The largest absolute Gasteiger partial charge is 0.334 e. The fourth-order valence-corrected chi connectivity index (χ4v) is 3.49. The van der Waals surface area contributed by atoms with Gasteiger partial charge >= 0.3 is 0 Å². The quantitative estimate of drug-likeness (QED) is 0.716. The monoisotopic (exact) mass is 355 g/mol. The first-order chi connectivity index (χ1) is 10.3. The summed E-state index contributed by atoms with van der Waals surface area (Å²) in [6.45, 7) is 3.38. The number of carbonyl (C=O) groups excluding carboxylic acids is 2. The van der Waals surface area contributed by atoms with Crippen LogP contribution in [0.5, 0.6) is 0 Å². The summed E-state index contributed by atoms with van der Waals surface area (Å²) < 4.78 is 0. The lowest BCUT2D eigenvalue weighted by atomic mass is 10.1. The molecule has 0 unspecified atom stereocenters. The molecule has 0 spiro atoms. The molecular weight excluding hydrogens is 341 g/mol. The summed E-state index contributed by atoms with van der Waals surface area (Å²) in [4.78, 5) is 26.6. The SMILES string of the molecule is CC(=O)c1ccc(C(=O)N(C)[C@H](C)c2ccc(Cl)cc2Cl)s1. The zero-order valence-electron chi connectivity index (χ0n) is 12.4. The zero-order chi connectivity index (χ0) is 16.4. The summed E-state index contributed by atoms with van der Waals surface area (Å²) in [5.41, 5.74) is 0.824. The first-order valence-corrected chi connectivity index (χ1v) is 8.21. The van der Waals surface area contributed by atoms with E-state index in [1.165, 1.54) is 18.3 Å². The Morgan fingerprint density at radius 3 is 2.32 bits per heavy atom. The molecule has 0 N–H and O–H groups in total. The lowest BCUT2D eigenvalue weighted by Gasteiger charge is -2.25. The first-order valence-electron chi connectivity index (χ1n) is 6.64. The number of halogens is 2. The average Bonchev–Trinajstić information content (AvgIpc) is 2.95. The Labute approximate surface area is 143 Å². The Hall–Kier alpha value is -1.36. The van der Waals surface area contributed by atoms with E-state index in [4.69, 9.17) is 23.2 Å². The minimum atomic E-state index is -0.208. The lowest BCUT2D eigenvalue weighted by molar-refractivity contribution is 0.0747. The molecule has 116 valence electrons. The highest BCUT2D eigenvalue weighted by molar-refractivity contribution is 7.15. The van der Waals surface area contributed by atoms with Crippen molar-refractivity contribution in [1.82, 2.24) is 4.90 Å². The van der Waals surface area contributed by atoms with Gasteiger partial charge in [-0.05, 0) is 43.7 Å². The Morgan fingerprint density at radius 1 is 1.14 bits per heavy atom. The normalized spacial score (nSPS) is 12.0. The van der Waals surface area contributed by atoms with Gasteiger partial charge in [-0.25, -0.2) is 0 Å². The lowest BCUT2D eigenvalue weighted by Crippen LogP contribution is -2.29. The highest BCUT2D eigenvalue weighted by Crippen LogP contribution is 2.30. The Kier molecular flexibility index (Phi) is 5.27. The molecule has 1 atom stereocenters. The van der Waals surface area contributed by atoms with Gasteiger partial charge in [-0.1, -0.05) is 29.3 Å². The molecule has 0 aliphatic carbocycles. The molecule has 2 rings (SSSR count). The third-order valence-corrected chi connectivity index (χ3v) is 5.21. The smallest absolute Gasteiger partial charge is 0.264 e. The molecule has 0 radical (unpaired) electrons. The van der Waals surface area contributed by atoms with E-state index < -0.39 is 0 Å². The maximum absolute atomic E-state index is 12.5. The first kappa shape index (κ1) is 17.0. The summed E-state index contributed by atoms with van der Waals surface area (Å²) in [6.07, 6.45) is 0. The van der Waals surface area contributed by atoms with Crippen LogP contribution in [-0.2, 0) is 0 Å². The minimum Gasteiger partial charge on any atom is -0.334 e. The van der Waals surface area contributed by atoms with E-state index in [1.807, 2.05) is 13.0 Å². The summed E-state index contributed by atoms with van der Waals surface area (Å²) in [5, 5.41) is 1.08. The predicted molar refractivity (Wildman–Crippen MR) is 91.3 cm³/mol. The van der Waals surface area contributed by atoms with Crippen molar-refractivity contribution in [3.8, 4) is 0 Å². The number of Topliss-reactive ketones (excluding diaryl/α,β-unsaturated/α-hetero) is 1. The highest BCUT2D eigenvalue weighted by atomic mass is 35.5. The van der Waals surface area contributed by atoms with E-state index in [9.17, 15) is 9.59 Å². The van der Waals surface area contributed by atoms with Crippen molar-refractivity contribution < 1.29 is 9.59 Å². The molecule has 0 fully saturated rings. The second-order valence-corrected chi connectivity index (χ2v) is 6.91. The Morgan fingerprint density at radius 2 is 1.77 bits per heavy atom. The molecule has 0 bridgehead atoms. The second-order valence-electron chi connectivity index (χ2n) is 4.98. The van der Waals surface area contributed by atoms with Crippen LogP contribution in [0.4, 0.5) is 0 Å². The summed E-state index contributed by atoms with van der Waals surface area (Å²) in [6, 6.07) is 8.36. The number of nitrogens with zero attached hydrogens (tertiary/aromatic N) is 1. The minimum absolute atomic E-state index is 0.0412. The number of hydrogen-bond acceptors (Lipinski definition) is 3. The molecule has 1 amide bonds. The van der Waals surface area contributed by atoms with Gasteiger partial charge < -0.3 is 4.90 Å². The van der Waals surface area contributed by atoms with Crippen LogP contribution >= 0.6 is 34.5 Å². The summed E-state index contributed by atoms with van der Waals surface area (Å²) >= 11 is 13.3. The van der Waals surface area contributed by atoms with Crippen LogP contribution in [0.15, 0.2) is 30.3 Å². The molecule has 0 saturated carbocycles. The maximum atomic E-state index is 12.5. The van der Waals surface area contributed by atoms with Crippen LogP contribution < -0.4 is 0 Å². The van der Waals surface area contributed by atoms with E-state index in [1.54, 1.807) is 36.2 Å². The molecule has 22 heavy (non-hydrogen) atoms. The predicted octanol–water partition coefficient (Wildman–Crippen LogP) is 5.09. The number of carbonyl (C=O) groups is 2. The molecule has 0 saturated heterocycles. The van der Waals surface area contributed by atoms with Gasteiger partial charge in [0.05, 0.1) is 15.8 Å². The molecule has 0 aliphatic rings. The van der Waals surface area contributed by atoms with Crippen LogP contribution in [0.1, 0.15) is 44.8 Å². The topological polar surface area (TPSA) is 37.4 Å². The van der Waals surface area contributed by atoms with Crippen LogP contribution in [0, 0.1) is 0 Å². The number of amides is 1. The van der Waals surface area contributed by atoms with Gasteiger partial charge in [0.1, 0.15) is 0 Å². The maximum Gasteiger partial charge on any atom is 0.264 e. The number of hydrogen-bond donors (Lipinski definition) is 0. The van der Waals surface area contributed by atoms with Gasteiger partial charge in [-0.3, -0.25) is 9.59 Å². The van der Waals surface area contributed by atoms with Crippen molar-refractivity contribution in [2.24, 2.45) is 0 Å². The molecule has 2 aromatic rings. The van der Waals surface area contributed by atoms with Crippen molar-refractivity contribution in [2.75, 3.05) is 7.05 Å². The van der Waals surface area contributed by atoms with Crippen molar-refractivity contribution in [3.63, 3.8) is 0 Å². The number of ketones is 1. The molecule has 6 heteroatoms. The molecule has 1 aromatic heterocycles. The van der Waals surface area contributed by atoms with Crippen molar-refractivity contribution in [3.05, 3.63) is 55.7 Å². The number of benzene rings is 1. The van der Waals surface area contributed by atoms with Crippen molar-refractivity contribution in [2.45, 2.75) is 19.9 Å².